The Morgan fingerprint density at radius 1 is 1.62 bits per heavy atom. The highest BCUT2D eigenvalue weighted by Crippen LogP contribution is 2.26. The Morgan fingerprint density at radius 2 is 2.25 bits per heavy atom. The lowest BCUT2D eigenvalue weighted by atomic mass is 10.5. The molecule has 8 heavy (non-hydrogen) atoms. The molecule has 2 rings (SSSR count). The molecule has 0 N–H and O–H groups in total. The predicted molar refractivity (Wildman–Crippen MR) is 31.0 cm³/mol. The predicted octanol–water partition coefficient (Wildman–Crippen LogP) is 0.266. The first kappa shape index (κ1) is 5.03. The number of rotatable bonds is 2. The summed E-state index contributed by atoms with van der Waals surface area (Å²) in [4.78, 5) is 2.19. The second-order valence-electron chi connectivity index (χ2n) is 2.28. The second-order valence-corrected chi connectivity index (χ2v) is 2.73. The molecule has 0 aliphatic carbocycles. The Hall–Kier alpha value is 0.210. The van der Waals surface area contributed by atoms with Crippen molar-refractivity contribution in [3.63, 3.8) is 0 Å². The van der Waals surface area contributed by atoms with E-state index in [1.54, 1.807) is 0 Å². The van der Waals surface area contributed by atoms with Gasteiger partial charge in [0, 0.05) is 13.1 Å². The third-order valence-electron chi connectivity index (χ3n) is 1.50. The second kappa shape index (κ2) is 1.59. The Morgan fingerprint density at radius 3 is 2.62 bits per heavy atom. The molecule has 0 spiro atoms. The van der Waals surface area contributed by atoms with Gasteiger partial charge in [-0.15, -0.1) is 11.6 Å². The highest BCUT2D eigenvalue weighted by molar-refractivity contribution is 6.21. The molecule has 0 aromatic heterocycles. The lowest BCUT2D eigenvalue weighted by Gasteiger charge is -2.03. The molecule has 2 nitrogen and oxygen atoms in total. The molecule has 0 amide bonds. The Labute approximate surface area is 53.4 Å². The van der Waals surface area contributed by atoms with Gasteiger partial charge < -0.3 is 4.74 Å². The Balaban J connectivity index is 1.84. The number of hydrogen-bond donors (Lipinski definition) is 0. The summed E-state index contributed by atoms with van der Waals surface area (Å²) in [5.74, 6) is 0. The molecule has 0 radical (unpaired) electrons. The van der Waals surface area contributed by atoms with Gasteiger partial charge >= 0.3 is 0 Å². The van der Waals surface area contributed by atoms with Gasteiger partial charge in [0.2, 0.25) is 0 Å². The Bertz CT molecular complexity index is 88.6. The summed E-state index contributed by atoms with van der Waals surface area (Å²) >= 11 is 5.88. The first-order valence-electron chi connectivity index (χ1n) is 2.87. The molecular formula is C5H8ClNO. The van der Waals surface area contributed by atoms with Crippen molar-refractivity contribution < 1.29 is 4.74 Å². The van der Waals surface area contributed by atoms with Gasteiger partial charge in [-0.2, -0.15) is 0 Å². The van der Waals surface area contributed by atoms with Crippen LogP contribution in [0, 0.1) is 0 Å². The van der Waals surface area contributed by atoms with Crippen molar-refractivity contribution in [1.82, 2.24) is 4.90 Å². The standard InChI is InChI=1S/C5H8ClNO/c6-5(4-3-8-4)7-1-2-7/h4-5H,1-3H2. The summed E-state index contributed by atoms with van der Waals surface area (Å²) in [5.41, 5.74) is 0.176. The smallest absolute Gasteiger partial charge is 0.114 e. The van der Waals surface area contributed by atoms with Crippen molar-refractivity contribution in [3.05, 3.63) is 0 Å². The fourth-order valence-corrected chi connectivity index (χ4v) is 1.09. The van der Waals surface area contributed by atoms with Crippen molar-refractivity contribution in [3.8, 4) is 0 Å². The zero-order valence-electron chi connectivity index (χ0n) is 4.51. The maximum atomic E-state index is 5.88. The van der Waals surface area contributed by atoms with Gasteiger partial charge in [0.25, 0.3) is 0 Å². The van der Waals surface area contributed by atoms with E-state index in [9.17, 15) is 0 Å². The lowest BCUT2D eigenvalue weighted by Crippen LogP contribution is -2.17. The van der Waals surface area contributed by atoms with Crippen molar-refractivity contribution in [2.75, 3.05) is 19.7 Å². The normalized spacial score (nSPS) is 39.4. The maximum Gasteiger partial charge on any atom is 0.114 e. The van der Waals surface area contributed by atoms with Gasteiger partial charge in [-0.25, -0.2) is 0 Å². The van der Waals surface area contributed by atoms with E-state index in [2.05, 4.69) is 4.90 Å². The van der Waals surface area contributed by atoms with E-state index in [4.69, 9.17) is 16.3 Å². The molecule has 0 saturated carbocycles. The van der Waals surface area contributed by atoms with E-state index in [1.807, 2.05) is 0 Å². The van der Waals surface area contributed by atoms with Crippen LogP contribution in [0.25, 0.3) is 0 Å². The quantitative estimate of drug-likeness (QED) is 0.305. The van der Waals surface area contributed by atoms with Crippen molar-refractivity contribution in [2.24, 2.45) is 0 Å². The van der Waals surface area contributed by atoms with Crippen molar-refractivity contribution in [1.29, 1.82) is 0 Å². The summed E-state index contributed by atoms with van der Waals surface area (Å²) in [6.07, 6.45) is 0.346. The highest BCUT2D eigenvalue weighted by atomic mass is 35.5. The molecule has 0 aromatic rings. The minimum atomic E-state index is 0.176. The Kier molecular flexibility index (Phi) is 1.00. The zero-order chi connectivity index (χ0) is 5.56. The van der Waals surface area contributed by atoms with E-state index in [0.29, 0.717) is 6.10 Å². The number of hydrogen-bond acceptors (Lipinski definition) is 2. The number of nitrogens with zero attached hydrogens (tertiary/aromatic N) is 1. The maximum absolute atomic E-state index is 5.88. The van der Waals surface area contributed by atoms with Crippen LogP contribution in [0.5, 0.6) is 0 Å². The number of halogens is 1. The molecule has 2 atom stereocenters. The fraction of sp³-hybridized carbons (Fsp3) is 1.00. The van der Waals surface area contributed by atoms with E-state index >= 15 is 0 Å². The minimum Gasteiger partial charge on any atom is -0.370 e. The van der Waals surface area contributed by atoms with Crippen LogP contribution >= 0.6 is 11.6 Å². The largest absolute Gasteiger partial charge is 0.370 e. The minimum absolute atomic E-state index is 0.176. The van der Waals surface area contributed by atoms with Crippen LogP contribution in [0.4, 0.5) is 0 Å². The SMILES string of the molecule is ClC(C1CO1)N1CC1. The molecule has 2 aliphatic rings. The molecule has 2 saturated heterocycles. The molecule has 0 aromatic carbocycles. The van der Waals surface area contributed by atoms with Crippen LogP contribution in [0.15, 0.2) is 0 Å². The summed E-state index contributed by atoms with van der Waals surface area (Å²) in [6.45, 7) is 3.19. The average molecular weight is 134 g/mol. The molecule has 2 fully saturated rings. The first-order chi connectivity index (χ1) is 3.88. The summed E-state index contributed by atoms with van der Waals surface area (Å²) in [6, 6.07) is 0. The van der Waals surface area contributed by atoms with Gasteiger partial charge in [0.1, 0.15) is 11.6 Å². The van der Waals surface area contributed by atoms with Gasteiger partial charge in [-0.1, -0.05) is 0 Å². The summed E-state index contributed by atoms with van der Waals surface area (Å²) < 4.78 is 5.00. The molecule has 0 bridgehead atoms. The topological polar surface area (TPSA) is 15.5 Å². The van der Waals surface area contributed by atoms with Gasteiger partial charge in [0.05, 0.1) is 6.61 Å². The van der Waals surface area contributed by atoms with Crippen LogP contribution in [-0.4, -0.2) is 36.2 Å². The molecular weight excluding hydrogens is 126 g/mol. The van der Waals surface area contributed by atoms with Crippen molar-refractivity contribution >= 4 is 11.6 Å². The van der Waals surface area contributed by atoms with E-state index in [0.717, 1.165) is 19.7 Å². The van der Waals surface area contributed by atoms with Crippen LogP contribution in [0.1, 0.15) is 0 Å². The molecule has 2 heterocycles. The molecule has 46 valence electrons. The van der Waals surface area contributed by atoms with Crippen LogP contribution in [0.2, 0.25) is 0 Å². The third-order valence-corrected chi connectivity index (χ3v) is 2.05. The molecule has 3 heteroatoms. The van der Waals surface area contributed by atoms with Gasteiger partial charge in [0.15, 0.2) is 0 Å². The van der Waals surface area contributed by atoms with E-state index < -0.39 is 0 Å². The van der Waals surface area contributed by atoms with Crippen molar-refractivity contribution in [2.45, 2.75) is 11.6 Å². The fourth-order valence-electron chi connectivity index (χ4n) is 0.754. The molecule has 2 aliphatic heterocycles. The van der Waals surface area contributed by atoms with Gasteiger partial charge in [-0.3, -0.25) is 4.90 Å². The van der Waals surface area contributed by atoms with E-state index in [-0.39, 0.29) is 5.50 Å². The van der Waals surface area contributed by atoms with Crippen LogP contribution < -0.4 is 0 Å². The molecule has 2 unspecified atom stereocenters. The average Bonchev–Trinajstić information content (AvgIpc) is 2.63. The lowest BCUT2D eigenvalue weighted by molar-refractivity contribution is 0.347. The van der Waals surface area contributed by atoms with E-state index in [1.165, 1.54) is 0 Å². The number of alkyl halides is 1. The highest BCUT2D eigenvalue weighted by Gasteiger charge is 2.39. The third kappa shape index (κ3) is 0.835. The first-order valence-corrected chi connectivity index (χ1v) is 3.31. The zero-order valence-corrected chi connectivity index (χ0v) is 5.27. The van der Waals surface area contributed by atoms with Crippen LogP contribution in [0.3, 0.4) is 0 Å². The summed E-state index contributed by atoms with van der Waals surface area (Å²) in [5, 5.41) is 0. The summed E-state index contributed by atoms with van der Waals surface area (Å²) in [7, 11) is 0. The van der Waals surface area contributed by atoms with Gasteiger partial charge in [-0.05, 0) is 0 Å². The van der Waals surface area contributed by atoms with Crippen LogP contribution in [-0.2, 0) is 4.74 Å². The number of epoxide rings is 1. The number of ether oxygens (including phenoxy) is 1. The monoisotopic (exact) mass is 133 g/mol.